The van der Waals surface area contributed by atoms with Crippen molar-refractivity contribution >= 4 is 32.6 Å². The number of aryl methyl sites for hydroxylation is 1. The van der Waals surface area contributed by atoms with Crippen LogP contribution in [0.3, 0.4) is 0 Å². The Kier molecular flexibility index (Phi) is 6.69. The number of nitrogens with zero attached hydrogens (tertiary/aromatic N) is 3. The Morgan fingerprint density at radius 2 is 1.10 bits per heavy atom. The van der Waals surface area contributed by atoms with Crippen LogP contribution in [0.2, 0.25) is 0 Å². The van der Waals surface area contributed by atoms with Crippen molar-refractivity contribution < 1.29 is 0 Å². The molecule has 0 aliphatic rings. The van der Waals surface area contributed by atoms with Crippen molar-refractivity contribution in [1.29, 1.82) is 0 Å². The molecule has 3 nitrogen and oxygen atoms in total. The molecular formula is C45H31N3. The van der Waals surface area contributed by atoms with Crippen LogP contribution < -0.4 is 0 Å². The highest BCUT2D eigenvalue weighted by Crippen LogP contribution is 2.40. The van der Waals surface area contributed by atoms with Gasteiger partial charge in [-0.1, -0.05) is 109 Å². The Bertz CT molecular complexity index is 2590. The quantitative estimate of drug-likeness (QED) is 0.181. The second kappa shape index (κ2) is 11.5. The van der Waals surface area contributed by atoms with Gasteiger partial charge in [0, 0.05) is 23.0 Å². The minimum atomic E-state index is 0.936. The van der Waals surface area contributed by atoms with E-state index in [1.54, 1.807) is 0 Å². The zero-order valence-electron chi connectivity index (χ0n) is 26.5. The average Bonchev–Trinajstić information content (AvgIpc) is 3.55. The van der Waals surface area contributed by atoms with Crippen molar-refractivity contribution in [3.8, 4) is 50.6 Å². The maximum absolute atomic E-state index is 5.03. The first-order chi connectivity index (χ1) is 23.7. The van der Waals surface area contributed by atoms with Crippen LogP contribution >= 0.6 is 0 Å². The average molecular weight is 614 g/mol. The second-order valence-electron chi connectivity index (χ2n) is 12.3. The van der Waals surface area contributed by atoms with Gasteiger partial charge in [-0.2, -0.15) is 0 Å². The van der Waals surface area contributed by atoms with Crippen LogP contribution in [0.25, 0.3) is 83.2 Å². The van der Waals surface area contributed by atoms with Crippen molar-refractivity contribution in [3.63, 3.8) is 0 Å². The maximum Gasteiger partial charge on any atom is 0.145 e. The van der Waals surface area contributed by atoms with Gasteiger partial charge in [-0.25, -0.2) is 4.98 Å². The van der Waals surface area contributed by atoms with Crippen LogP contribution in [0.5, 0.6) is 0 Å². The van der Waals surface area contributed by atoms with Crippen LogP contribution in [0, 0.1) is 6.92 Å². The van der Waals surface area contributed by atoms with E-state index in [0.29, 0.717) is 0 Å². The zero-order valence-corrected chi connectivity index (χ0v) is 26.5. The molecule has 3 heteroatoms. The van der Waals surface area contributed by atoms with E-state index in [2.05, 4.69) is 157 Å². The second-order valence-corrected chi connectivity index (χ2v) is 12.3. The van der Waals surface area contributed by atoms with Gasteiger partial charge in [0.25, 0.3) is 0 Å². The van der Waals surface area contributed by atoms with Gasteiger partial charge in [-0.3, -0.25) is 9.55 Å². The molecule has 0 N–H and O–H groups in total. The van der Waals surface area contributed by atoms with Gasteiger partial charge < -0.3 is 0 Å². The Hall–Kier alpha value is -6.32. The highest BCUT2D eigenvalue weighted by molar-refractivity contribution is 6.17. The maximum atomic E-state index is 5.03. The molecule has 48 heavy (non-hydrogen) atoms. The fourth-order valence-electron chi connectivity index (χ4n) is 7.10. The third-order valence-electron chi connectivity index (χ3n) is 9.33. The molecule has 0 saturated carbocycles. The summed E-state index contributed by atoms with van der Waals surface area (Å²) in [6.07, 6.45) is 1.88. The molecule has 0 atom stereocenters. The molecule has 9 rings (SSSR count). The molecular weight excluding hydrogens is 583 g/mol. The lowest BCUT2D eigenvalue weighted by molar-refractivity contribution is 1.10. The summed E-state index contributed by atoms with van der Waals surface area (Å²) in [4.78, 5) is 9.87. The number of rotatable bonds is 5. The molecule has 0 fully saturated rings. The standard InChI is InChI=1S/C45H31N3/c1-30-26-36(31-12-4-2-5-13-31)27-34-19-20-35-28-37(29-39(44(35)43(30)34)40-16-10-11-25-46-40)32-21-23-38(24-22-32)48-42-18-9-8-17-41(42)47-45(48)33-14-6-3-7-15-33/h2-29H,1H3. The van der Waals surface area contributed by atoms with Gasteiger partial charge in [0.15, 0.2) is 0 Å². The summed E-state index contributed by atoms with van der Waals surface area (Å²) in [6.45, 7) is 2.23. The molecule has 0 amide bonds. The van der Waals surface area contributed by atoms with Crippen LogP contribution in [0.4, 0.5) is 0 Å². The molecule has 0 bridgehead atoms. The summed E-state index contributed by atoms with van der Waals surface area (Å²) in [5.41, 5.74) is 12.4. The van der Waals surface area contributed by atoms with E-state index in [0.717, 1.165) is 50.5 Å². The van der Waals surface area contributed by atoms with Gasteiger partial charge in [-0.05, 0) is 111 Å². The third kappa shape index (κ3) is 4.76. The first-order valence-electron chi connectivity index (χ1n) is 16.3. The Labute approximate surface area is 279 Å². The Morgan fingerprint density at radius 3 is 1.83 bits per heavy atom. The van der Waals surface area contributed by atoms with Crippen LogP contribution in [0.15, 0.2) is 170 Å². The molecule has 2 aromatic heterocycles. The molecule has 226 valence electrons. The normalized spacial score (nSPS) is 11.4. The molecule has 0 aliphatic heterocycles. The largest absolute Gasteiger partial charge is 0.292 e. The number of pyridine rings is 1. The fourth-order valence-corrected chi connectivity index (χ4v) is 7.10. The van der Waals surface area contributed by atoms with Crippen LogP contribution in [-0.2, 0) is 0 Å². The first kappa shape index (κ1) is 27.9. The smallest absolute Gasteiger partial charge is 0.145 e. The predicted molar refractivity (Wildman–Crippen MR) is 200 cm³/mol. The highest BCUT2D eigenvalue weighted by atomic mass is 15.1. The molecule has 0 spiro atoms. The van der Waals surface area contributed by atoms with E-state index in [1.165, 1.54) is 38.2 Å². The number of para-hydroxylation sites is 2. The molecule has 0 aliphatic carbocycles. The van der Waals surface area contributed by atoms with E-state index in [-0.39, 0.29) is 0 Å². The zero-order chi connectivity index (χ0) is 32.0. The van der Waals surface area contributed by atoms with Gasteiger partial charge in [0.2, 0.25) is 0 Å². The van der Waals surface area contributed by atoms with E-state index >= 15 is 0 Å². The van der Waals surface area contributed by atoms with Crippen LogP contribution in [-0.4, -0.2) is 14.5 Å². The lowest BCUT2D eigenvalue weighted by Crippen LogP contribution is -1.97. The van der Waals surface area contributed by atoms with E-state index in [1.807, 2.05) is 24.4 Å². The Morgan fingerprint density at radius 1 is 0.479 bits per heavy atom. The summed E-state index contributed by atoms with van der Waals surface area (Å²) < 4.78 is 2.26. The van der Waals surface area contributed by atoms with E-state index in [9.17, 15) is 0 Å². The van der Waals surface area contributed by atoms with Crippen molar-refractivity contribution in [3.05, 3.63) is 176 Å². The molecule has 0 unspecified atom stereocenters. The molecule has 0 saturated heterocycles. The number of hydrogen-bond donors (Lipinski definition) is 0. The topological polar surface area (TPSA) is 30.7 Å². The van der Waals surface area contributed by atoms with Crippen molar-refractivity contribution in [2.24, 2.45) is 0 Å². The van der Waals surface area contributed by atoms with Gasteiger partial charge in [0.05, 0.1) is 16.7 Å². The van der Waals surface area contributed by atoms with E-state index < -0.39 is 0 Å². The molecule has 0 radical (unpaired) electrons. The number of aromatic nitrogens is 3. The van der Waals surface area contributed by atoms with Gasteiger partial charge in [-0.15, -0.1) is 0 Å². The number of fused-ring (bicyclic) bond motifs is 4. The SMILES string of the molecule is Cc1cc(-c2ccccc2)cc2ccc3cc(-c4ccc(-n5c(-c6ccccc6)nc6ccccc65)cc4)cc(-c4ccccn4)c3c12. The highest BCUT2D eigenvalue weighted by Gasteiger charge is 2.17. The van der Waals surface area contributed by atoms with Crippen molar-refractivity contribution in [1.82, 2.24) is 14.5 Å². The van der Waals surface area contributed by atoms with Crippen molar-refractivity contribution in [2.75, 3.05) is 0 Å². The lowest BCUT2D eigenvalue weighted by Gasteiger charge is -2.16. The molecule has 2 heterocycles. The summed E-state index contributed by atoms with van der Waals surface area (Å²) >= 11 is 0. The van der Waals surface area contributed by atoms with Gasteiger partial charge >= 0.3 is 0 Å². The fraction of sp³-hybridized carbons (Fsp3) is 0.0222. The number of benzene rings is 7. The van der Waals surface area contributed by atoms with Gasteiger partial charge in [0.1, 0.15) is 5.82 Å². The summed E-state index contributed by atoms with van der Waals surface area (Å²) in [6, 6.07) is 58.2. The Balaban J connectivity index is 1.21. The molecule has 7 aromatic carbocycles. The minimum absolute atomic E-state index is 0.936. The summed E-state index contributed by atoms with van der Waals surface area (Å²) in [5, 5.41) is 4.95. The monoisotopic (exact) mass is 613 g/mol. The minimum Gasteiger partial charge on any atom is -0.292 e. The van der Waals surface area contributed by atoms with Crippen molar-refractivity contribution in [2.45, 2.75) is 6.92 Å². The summed E-state index contributed by atoms with van der Waals surface area (Å²) in [5.74, 6) is 0.936. The first-order valence-corrected chi connectivity index (χ1v) is 16.3. The molecule has 9 aromatic rings. The lowest BCUT2D eigenvalue weighted by atomic mass is 9.88. The summed E-state index contributed by atoms with van der Waals surface area (Å²) in [7, 11) is 0. The third-order valence-corrected chi connectivity index (χ3v) is 9.33. The van der Waals surface area contributed by atoms with E-state index in [4.69, 9.17) is 9.97 Å². The van der Waals surface area contributed by atoms with Crippen LogP contribution in [0.1, 0.15) is 5.56 Å². The number of imidazole rings is 1. The number of hydrogen-bond acceptors (Lipinski definition) is 2. The predicted octanol–water partition coefficient (Wildman–Crippen LogP) is 11.7.